The van der Waals surface area contributed by atoms with Crippen molar-refractivity contribution in [3.63, 3.8) is 0 Å². The maximum Gasteiger partial charge on any atom is 0.264 e. The second-order valence-corrected chi connectivity index (χ2v) is 9.37. The van der Waals surface area contributed by atoms with Crippen LogP contribution in [0.4, 0.5) is 11.4 Å². The van der Waals surface area contributed by atoms with E-state index in [4.69, 9.17) is 0 Å². The minimum atomic E-state index is -3.67. The van der Waals surface area contributed by atoms with E-state index >= 15 is 0 Å². The van der Waals surface area contributed by atoms with Crippen LogP contribution in [-0.2, 0) is 10.0 Å². The van der Waals surface area contributed by atoms with Crippen LogP contribution in [0.3, 0.4) is 0 Å². The van der Waals surface area contributed by atoms with Crippen LogP contribution >= 0.6 is 11.8 Å². The highest BCUT2D eigenvalue weighted by molar-refractivity contribution is 7.98. The standard InChI is InChI=1S/C22H22N2O3S2/c1-16-7-13-21(14-8-16)29(26,27)24(2)19-11-9-17(10-12-19)22(25)23-18-5-4-6-20(15-18)28-3/h4-15H,1-3H3,(H,23,25). The van der Waals surface area contributed by atoms with Gasteiger partial charge in [0.05, 0.1) is 10.6 Å². The van der Waals surface area contributed by atoms with E-state index < -0.39 is 10.0 Å². The van der Waals surface area contributed by atoms with Crippen molar-refractivity contribution in [2.24, 2.45) is 0 Å². The Kier molecular flexibility index (Phi) is 6.30. The van der Waals surface area contributed by atoms with Crippen LogP contribution in [0.2, 0.25) is 0 Å². The van der Waals surface area contributed by atoms with Gasteiger partial charge in [-0.1, -0.05) is 23.8 Å². The van der Waals surface area contributed by atoms with Crippen LogP contribution in [0.15, 0.2) is 82.6 Å². The summed E-state index contributed by atoms with van der Waals surface area (Å²) in [5.74, 6) is -0.251. The second kappa shape index (κ2) is 8.71. The zero-order valence-corrected chi connectivity index (χ0v) is 18.0. The number of nitrogens with zero attached hydrogens (tertiary/aromatic N) is 1. The van der Waals surface area contributed by atoms with Crippen molar-refractivity contribution in [1.82, 2.24) is 0 Å². The Morgan fingerprint density at radius 3 is 2.24 bits per heavy atom. The summed E-state index contributed by atoms with van der Waals surface area (Å²) in [4.78, 5) is 13.8. The van der Waals surface area contributed by atoms with Crippen molar-refractivity contribution in [2.45, 2.75) is 16.7 Å². The molecule has 29 heavy (non-hydrogen) atoms. The number of hydrogen-bond acceptors (Lipinski definition) is 4. The lowest BCUT2D eigenvalue weighted by atomic mass is 10.2. The van der Waals surface area contributed by atoms with Crippen LogP contribution in [0.5, 0.6) is 0 Å². The summed E-state index contributed by atoms with van der Waals surface area (Å²) < 4.78 is 26.8. The van der Waals surface area contributed by atoms with Gasteiger partial charge in [0.1, 0.15) is 0 Å². The second-order valence-electron chi connectivity index (χ2n) is 6.52. The number of benzene rings is 3. The fraction of sp³-hybridized carbons (Fsp3) is 0.136. The number of sulfonamides is 1. The summed E-state index contributed by atoms with van der Waals surface area (Å²) in [5, 5.41) is 2.86. The highest BCUT2D eigenvalue weighted by Crippen LogP contribution is 2.24. The van der Waals surface area contributed by atoms with E-state index in [0.717, 1.165) is 10.5 Å². The number of rotatable bonds is 6. The average molecular weight is 427 g/mol. The van der Waals surface area contributed by atoms with Gasteiger partial charge in [0.15, 0.2) is 0 Å². The van der Waals surface area contributed by atoms with Gasteiger partial charge in [0.25, 0.3) is 15.9 Å². The van der Waals surface area contributed by atoms with Crippen molar-refractivity contribution in [3.05, 3.63) is 83.9 Å². The molecular weight excluding hydrogens is 404 g/mol. The Hall–Kier alpha value is -2.77. The van der Waals surface area contributed by atoms with E-state index in [9.17, 15) is 13.2 Å². The van der Waals surface area contributed by atoms with Crippen LogP contribution in [0.1, 0.15) is 15.9 Å². The molecule has 5 nitrogen and oxygen atoms in total. The molecule has 7 heteroatoms. The molecule has 150 valence electrons. The maximum atomic E-state index is 12.8. The van der Waals surface area contributed by atoms with E-state index in [2.05, 4.69) is 5.32 Å². The topological polar surface area (TPSA) is 66.5 Å². The predicted molar refractivity (Wildman–Crippen MR) is 119 cm³/mol. The highest BCUT2D eigenvalue weighted by Gasteiger charge is 2.21. The molecule has 0 saturated heterocycles. The fourth-order valence-electron chi connectivity index (χ4n) is 2.73. The summed E-state index contributed by atoms with van der Waals surface area (Å²) >= 11 is 1.60. The zero-order chi connectivity index (χ0) is 21.0. The van der Waals surface area contributed by atoms with Gasteiger partial charge in [-0.05, 0) is 67.8 Å². The molecule has 0 aliphatic carbocycles. The number of aryl methyl sites for hydroxylation is 1. The first-order valence-corrected chi connectivity index (χ1v) is 11.6. The van der Waals surface area contributed by atoms with Crippen LogP contribution in [0.25, 0.3) is 0 Å². The van der Waals surface area contributed by atoms with Crippen molar-refractivity contribution in [1.29, 1.82) is 0 Å². The van der Waals surface area contributed by atoms with E-state index in [1.165, 1.54) is 11.4 Å². The first-order chi connectivity index (χ1) is 13.8. The summed E-state index contributed by atoms with van der Waals surface area (Å²) in [5.41, 5.74) is 2.63. The highest BCUT2D eigenvalue weighted by atomic mass is 32.2. The SMILES string of the molecule is CSc1cccc(NC(=O)c2ccc(N(C)S(=O)(=O)c3ccc(C)cc3)cc2)c1. The monoisotopic (exact) mass is 426 g/mol. The summed E-state index contributed by atoms with van der Waals surface area (Å²) in [6.07, 6.45) is 1.97. The Morgan fingerprint density at radius 2 is 1.62 bits per heavy atom. The van der Waals surface area contributed by atoms with Gasteiger partial charge in [-0.2, -0.15) is 0 Å². The molecule has 3 rings (SSSR count). The minimum absolute atomic E-state index is 0.223. The summed E-state index contributed by atoms with van der Waals surface area (Å²) in [6, 6.07) is 20.8. The molecule has 0 fully saturated rings. The molecule has 3 aromatic carbocycles. The van der Waals surface area contributed by atoms with E-state index in [1.54, 1.807) is 60.3 Å². The third kappa shape index (κ3) is 4.81. The number of carbonyl (C=O) groups is 1. The average Bonchev–Trinajstić information content (AvgIpc) is 2.73. The molecule has 0 heterocycles. The summed E-state index contributed by atoms with van der Waals surface area (Å²) in [6.45, 7) is 1.90. The molecule has 0 bridgehead atoms. The molecule has 0 unspecified atom stereocenters. The molecule has 1 N–H and O–H groups in total. The van der Waals surface area contributed by atoms with E-state index in [-0.39, 0.29) is 10.8 Å². The predicted octanol–water partition coefficient (Wildman–Crippen LogP) is 4.79. The Balaban J connectivity index is 1.76. The minimum Gasteiger partial charge on any atom is -0.322 e. The Morgan fingerprint density at radius 1 is 0.966 bits per heavy atom. The van der Waals surface area contributed by atoms with Crippen molar-refractivity contribution in [3.8, 4) is 0 Å². The Labute approximate surface area is 175 Å². The third-order valence-corrected chi connectivity index (χ3v) is 7.03. The van der Waals surface area contributed by atoms with Crippen LogP contribution in [0, 0.1) is 6.92 Å². The normalized spacial score (nSPS) is 11.1. The maximum absolute atomic E-state index is 12.8. The molecule has 0 radical (unpaired) electrons. The zero-order valence-electron chi connectivity index (χ0n) is 16.4. The number of hydrogen-bond donors (Lipinski definition) is 1. The van der Waals surface area contributed by atoms with Gasteiger partial charge in [0.2, 0.25) is 0 Å². The third-order valence-electron chi connectivity index (χ3n) is 4.50. The molecule has 0 aliphatic rings. The lowest BCUT2D eigenvalue weighted by Gasteiger charge is -2.20. The number of amides is 1. The van der Waals surface area contributed by atoms with Gasteiger partial charge in [0, 0.05) is 23.2 Å². The van der Waals surface area contributed by atoms with Crippen molar-refractivity contribution < 1.29 is 13.2 Å². The molecule has 0 atom stereocenters. The van der Waals surface area contributed by atoms with Gasteiger partial charge in [-0.3, -0.25) is 9.10 Å². The molecule has 0 aromatic heterocycles. The molecule has 0 aliphatic heterocycles. The lowest BCUT2D eigenvalue weighted by Crippen LogP contribution is -2.26. The first kappa shape index (κ1) is 21.0. The lowest BCUT2D eigenvalue weighted by molar-refractivity contribution is 0.102. The number of nitrogens with one attached hydrogen (secondary N) is 1. The molecular formula is C22H22N2O3S2. The van der Waals surface area contributed by atoms with Crippen LogP contribution in [-0.4, -0.2) is 27.6 Å². The number of thioether (sulfide) groups is 1. The molecule has 3 aromatic rings. The van der Waals surface area contributed by atoms with Crippen LogP contribution < -0.4 is 9.62 Å². The van der Waals surface area contributed by atoms with E-state index in [0.29, 0.717) is 16.9 Å². The Bertz CT molecular complexity index is 1110. The molecule has 1 amide bonds. The smallest absolute Gasteiger partial charge is 0.264 e. The van der Waals surface area contributed by atoms with E-state index in [1.807, 2.05) is 37.4 Å². The van der Waals surface area contributed by atoms with Crippen molar-refractivity contribution >= 4 is 39.1 Å². The fourth-order valence-corrected chi connectivity index (χ4v) is 4.39. The van der Waals surface area contributed by atoms with Gasteiger partial charge < -0.3 is 5.32 Å². The summed E-state index contributed by atoms with van der Waals surface area (Å²) in [7, 11) is -2.17. The van der Waals surface area contributed by atoms with Gasteiger partial charge in [-0.25, -0.2) is 8.42 Å². The van der Waals surface area contributed by atoms with Gasteiger partial charge in [-0.15, -0.1) is 11.8 Å². The largest absolute Gasteiger partial charge is 0.322 e. The first-order valence-electron chi connectivity index (χ1n) is 8.92. The van der Waals surface area contributed by atoms with Crippen molar-refractivity contribution in [2.75, 3.05) is 22.9 Å². The van der Waals surface area contributed by atoms with Gasteiger partial charge >= 0.3 is 0 Å². The quantitative estimate of drug-likeness (QED) is 0.575. The molecule has 0 spiro atoms. The number of anilines is 2. The molecule has 0 saturated carbocycles. The number of carbonyl (C=O) groups excluding carboxylic acids is 1.